The molecule has 3 aromatic rings. The lowest BCUT2D eigenvalue weighted by Crippen LogP contribution is -2.40. The molecule has 2 aliphatic rings. The molecule has 1 aliphatic heterocycles. The number of halogens is 2. The van der Waals surface area contributed by atoms with Crippen LogP contribution in [0.25, 0.3) is 10.1 Å². The Morgan fingerprint density at radius 3 is 2.66 bits per heavy atom. The number of anilines is 1. The van der Waals surface area contributed by atoms with Crippen LogP contribution in [-0.4, -0.2) is 66.8 Å². The van der Waals surface area contributed by atoms with Crippen LogP contribution >= 0.6 is 22.9 Å². The largest absolute Gasteiger partial charge is 0.481 e. The molecule has 5 rings (SSSR count). The van der Waals surface area contributed by atoms with Crippen LogP contribution in [0.3, 0.4) is 0 Å². The minimum Gasteiger partial charge on any atom is -0.481 e. The monoisotopic (exact) mass is 726 g/mol. The molecule has 3 atom stereocenters. The lowest BCUT2D eigenvalue weighted by molar-refractivity contribution is -0.144. The van der Waals surface area contributed by atoms with E-state index in [0.29, 0.717) is 63.3 Å². The van der Waals surface area contributed by atoms with Gasteiger partial charge in [0.05, 0.1) is 54.0 Å². The molecule has 0 spiro atoms. The first-order valence-corrected chi connectivity index (χ1v) is 18.9. The molecule has 2 aromatic carbocycles. The number of thiophene rings is 1. The molecular formula is C39H48ClFN2O6S. The van der Waals surface area contributed by atoms with Crippen molar-refractivity contribution < 1.29 is 33.4 Å². The minimum atomic E-state index is -0.759. The number of benzene rings is 2. The number of methoxy groups -OCH3 is 1. The van der Waals surface area contributed by atoms with Gasteiger partial charge in [0.25, 0.3) is 5.91 Å². The Morgan fingerprint density at radius 1 is 1.18 bits per heavy atom. The van der Waals surface area contributed by atoms with Crippen molar-refractivity contribution in [3.63, 3.8) is 0 Å². The number of likely N-dealkylation sites (tertiary alicyclic amines) is 1. The maximum atomic E-state index is 15.5. The van der Waals surface area contributed by atoms with Crippen molar-refractivity contribution >= 4 is 56.5 Å². The fraction of sp³-hybridized carbons (Fsp3) is 0.513. The fourth-order valence-corrected chi connectivity index (χ4v) is 8.46. The summed E-state index contributed by atoms with van der Waals surface area (Å²) in [6.07, 6.45) is 8.50. The number of carboxylic acid groups (broad SMARTS) is 1. The number of amides is 2. The number of aliphatic carboxylic acids is 1. The number of unbranched alkanes of at least 4 members (excludes halogenated alkanes) is 1. The Morgan fingerprint density at radius 2 is 1.94 bits per heavy atom. The van der Waals surface area contributed by atoms with Gasteiger partial charge in [-0.05, 0) is 75.1 Å². The van der Waals surface area contributed by atoms with Crippen LogP contribution in [-0.2, 0) is 25.5 Å². The first-order chi connectivity index (χ1) is 24.1. The van der Waals surface area contributed by atoms with Gasteiger partial charge in [0.15, 0.2) is 0 Å². The van der Waals surface area contributed by atoms with Gasteiger partial charge >= 0.3 is 5.97 Å². The molecule has 1 saturated heterocycles. The smallest absolute Gasteiger partial charge is 0.306 e. The Labute approximate surface area is 303 Å². The molecule has 2 heterocycles. The zero-order valence-corrected chi connectivity index (χ0v) is 30.7. The van der Waals surface area contributed by atoms with Crippen molar-refractivity contribution in [2.75, 3.05) is 32.2 Å². The van der Waals surface area contributed by atoms with Crippen molar-refractivity contribution in [1.82, 2.24) is 4.90 Å². The topological polar surface area (TPSA) is 105 Å². The molecule has 0 bridgehead atoms. The third kappa shape index (κ3) is 9.51. The molecule has 1 unspecified atom stereocenters. The van der Waals surface area contributed by atoms with Crippen LogP contribution in [0.2, 0.25) is 5.02 Å². The third-order valence-electron chi connectivity index (χ3n) is 10.2. The van der Waals surface area contributed by atoms with E-state index in [0.717, 1.165) is 29.3 Å². The predicted molar refractivity (Wildman–Crippen MR) is 196 cm³/mol. The number of rotatable bonds is 15. The SMILES string of the molecule is CCCC[C@H](COC)/C(C)=C\C1C[C@@H](COC2CCC(C(=O)O)CC2)N(C(=O)Cc2cc(Cl)c(NC(=O)c3csc4ccccc34)cc2F)C1. The summed E-state index contributed by atoms with van der Waals surface area (Å²) in [6.45, 7) is 5.77. The molecule has 1 aliphatic carbocycles. The van der Waals surface area contributed by atoms with Gasteiger partial charge in [-0.3, -0.25) is 14.4 Å². The van der Waals surface area contributed by atoms with Crippen LogP contribution < -0.4 is 5.32 Å². The third-order valence-corrected chi connectivity index (χ3v) is 11.5. The van der Waals surface area contributed by atoms with E-state index in [4.69, 9.17) is 21.1 Å². The first-order valence-electron chi connectivity index (χ1n) is 17.6. The summed E-state index contributed by atoms with van der Waals surface area (Å²) in [5.74, 6) is -1.92. The number of nitrogens with zero attached hydrogens (tertiary/aromatic N) is 1. The van der Waals surface area contributed by atoms with Crippen LogP contribution in [0, 0.1) is 23.6 Å². The van der Waals surface area contributed by atoms with Gasteiger partial charge in [-0.2, -0.15) is 0 Å². The highest BCUT2D eigenvalue weighted by molar-refractivity contribution is 7.17. The van der Waals surface area contributed by atoms with Crippen molar-refractivity contribution in [2.24, 2.45) is 17.8 Å². The fourth-order valence-electron chi connectivity index (χ4n) is 7.29. The van der Waals surface area contributed by atoms with E-state index in [1.807, 2.05) is 24.3 Å². The summed E-state index contributed by atoms with van der Waals surface area (Å²) in [7, 11) is 1.72. The summed E-state index contributed by atoms with van der Waals surface area (Å²) in [5, 5.41) is 14.8. The zero-order valence-electron chi connectivity index (χ0n) is 29.1. The minimum absolute atomic E-state index is 0.0508. The van der Waals surface area contributed by atoms with Gasteiger partial charge in [-0.15, -0.1) is 11.3 Å². The highest BCUT2D eigenvalue weighted by Crippen LogP contribution is 2.33. The summed E-state index contributed by atoms with van der Waals surface area (Å²) in [4.78, 5) is 40.2. The Balaban J connectivity index is 1.28. The number of carbonyl (C=O) groups is 3. The molecule has 11 heteroatoms. The average Bonchev–Trinajstić information content (AvgIpc) is 3.72. The quantitative estimate of drug-likeness (QED) is 0.152. The number of ether oxygens (including phenoxy) is 2. The van der Waals surface area contributed by atoms with Crippen LogP contribution in [0.5, 0.6) is 0 Å². The number of hydrogen-bond donors (Lipinski definition) is 2. The molecule has 2 amide bonds. The molecule has 8 nitrogen and oxygen atoms in total. The van der Waals surface area contributed by atoms with Crippen LogP contribution in [0.15, 0.2) is 53.4 Å². The van der Waals surface area contributed by atoms with Crippen LogP contribution in [0.4, 0.5) is 10.1 Å². The lowest BCUT2D eigenvalue weighted by atomic mass is 9.87. The second-order valence-electron chi connectivity index (χ2n) is 13.7. The molecule has 1 aromatic heterocycles. The second-order valence-corrected chi connectivity index (χ2v) is 15.1. The van der Waals surface area contributed by atoms with Gasteiger partial charge in [-0.25, -0.2) is 4.39 Å². The van der Waals surface area contributed by atoms with Crippen molar-refractivity contribution in [3.8, 4) is 0 Å². The first kappa shape index (κ1) is 37.9. The normalized spacial score (nSPS) is 21.8. The highest BCUT2D eigenvalue weighted by atomic mass is 35.5. The Hall–Kier alpha value is -3.31. The Bertz CT molecular complexity index is 1690. The second kappa shape index (κ2) is 17.8. The van der Waals surface area contributed by atoms with Gasteiger partial charge in [0, 0.05) is 35.0 Å². The lowest BCUT2D eigenvalue weighted by Gasteiger charge is -2.30. The van der Waals surface area contributed by atoms with Gasteiger partial charge < -0.3 is 24.8 Å². The van der Waals surface area contributed by atoms with Gasteiger partial charge in [-0.1, -0.05) is 61.2 Å². The summed E-state index contributed by atoms with van der Waals surface area (Å²) >= 11 is 8.01. The van der Waals surface area contributed by atoms with Crippen molar-refractivity contribution in [2.45, 2.75) is 83.8 Å². The van der Waals surface area contributed by atoms with E-state index in [1.165, 1.54) is 29.0 Å². The molecule has 50 heavy (non-hydrogen) atoms. The van der Waals surface area contributed by atoms with E-state index in [1.54, 1.807) is 17.4 Å². The molecule has 2 N–H and O–H groups in total. The van der Waals surface area contributed by atoms with Crippen molar-refractivity contribution in [3.05, 3.63) is 75.4 Å². The van der Waals surface area contributed by atoms with Gasteiger partial charge in [0.1, 0.15) is 5.82 Å². The maximum absolute atomic E-state index is 15.5. The highest BCUT2D eigenvalue weighted by Gasteiger charge is 2.36. The molecule has 2 fully saturated rings. The molecular weight excluding hydrogens is 679 g/mol. The van der Waals surface area contributed by atoms with E-state index >= 15 is 4.39 Å². The van der Waals surface area contributed by atoms with Crippen LogP contribution in [0.1, 0.15) is 81.1 Å². The number of carboxylic acids is 1. The standard InChI is InChI=1S/C39H48ClFN2O6S/c1-4-5-8-27(21-48-3)24(2)15-25-16-29(22-49-30-13-11-26(12-14-30)39(46)47)43(20-25)37(44)18-28-17-33(40)35(19-34(28)41)42-38(45)32-23-50-36-10-7-6-9-31(32)36/h6-7,9-10,15,17,19,23,25-27,29-30H,4-5,8,11-14,16,18,20-22H2,1-3H3,(H,42,45)(H,46,47)/b24-15-/t25?,26?,27-,29+,30?/m1/s1. The Kier molecular flexibility index (Phi) is 13.5. The van der Waals surface area contributed by atoms with E-state index in [2.05, 4.69) is 25.2 Å². The number of carbonyl (C=O) groups excluding carboxylic acids is 2. The molecule has 1 saturated carbocycles. The number of fused-ring (bicyclic) bond motifs is 1. The summed E-state index contributed by atoms with van der Waals surface area (Å²) in [5.41, 5.74) is 2.02. The summed E-state index contributed by atoms with van der Waals surface area (Å²) < 4.78 is 28.3. The van der Waals surface area contributed by atoms with Gasteiger partial charge in [0.2, 0.25) is 5.91 Å². The van der Waals surface area contributed by atoms with E-state index in [9.17, 15) is 19.5 Å². The average molecular weight is 727 g/mol. The summed E-state index contributed by atoms with van der Waals surface area (Å²) in [6, 6.07) is 9.96. The predicted octanol–water partition coefficient (Wildman–Crippen LogP) is 8.76. The zero-order chi connectivity index (χ0) is 35.8. The van der Waals surface area contributed by atoms with E-state index < -0.39 is 11.8 Å². The van der Waals surface area contributed by atoms with E-state index in [-0.39, 0.29) is 58.5 Å². The molecule has 0 radical (unpaired) electrons. The number of hydrogen-bond acceptors (Lipinski definition) is 6. The molecule has 270 valence electrons. The number of nitrogens with one attached hydrogen (secondary N) is 1. The maximum Gasteiger partial charge on any atom is 0.306 e. The van der Waals surface area contributed by atoms with Crippen molar-refractivity contribution in [1.29, 1.82) is 0 Å².